The summed E-state index contributed by atoms with van der Waals surface area (Å²) in [6.45, 7) is 1.09. The Morgan fingerprint density at radius 2 is 1.86 bits per heavy atom. The fraction of sp³-hybridized carbons (Fsp3) is 0.333. The lowest BCUT2D eigenvalue weighted by Gasteiger charge is -2.17. The second-order valence-electron chi connectivity index (χ2n) is 8.17. The molecule has 0 saturated carbocycles. The number of carbonyl (C=O) groups is 3. The number of hydrogen-bond donors (Lipinski definition) is 0. The lowest BCUT2D eigenvalue weighted by molar-refractivity contribution is -0.116. The minimum atomic E-state index is -4.05. The van der Waals surface area contributed by atoms with Gasteiger partial charge in [-0.2, -0.15) is 4.99 Å². The second-order valence-corrected chi connectivity index (χ2v) is 11.2. The number of esters is 1. The highest BCUT2D eigenvalue weighted by Gasteiger charge is 2.29. The number of fused-ring (bicyclic) bond motifs is 2. The zero-order chi connectivity index (χ0) is 25.9. The Labute approximate surface area is 211 Å². The molecule has 2 aromatic carbocycles. The van der Waals surface area contributed by atoms with Crippen molar-refractivity contribution in [2.75, 3.05) is 43.8 Å². The number of para-hydroxylation sites is 1. The molecule has 2 amide bonds. The van der Waals surface area contributed by atoms with Gasteiger partial charge in [0.2, 0.25) is 5.91 Å². The summed E-state index contributed by atoms with van der Waals surface area (Å²) in [4.78, 5) is 43.0. The molecule has 2 heterocycles. The third-order valence-electron chi connectivity index (χ3n) is 5.72. The molecule has 36 heavy (non-hydrogen) atoms. The van der Waals surface area contributed by atoms with Crippen LogP contribution < -0.4 is 9.70 Å². The van der Waals surface area contributed by atoms with Crippen LogP contribution in [0.15, 0.2) is 47.5 Å². The van der Waals surface area contributed by atoms with Gasteiger partial charge in [-0.25, -0.2) is 13.2 Å². The Kier molecular flexibility index (Phi) is 7.67. The van der Waals surface area contributed by atoms with Gasteiger partial charge in [-0.15, -0.1) is 0 Å². The summed E-state index contributed by atoms with van der Waals surface area (Å²) in [7, 11) is -1.23. The first-order chi connectivity index (χ1) is 17.2. The topological polar surface area (TPSA) is 124 Å². The molecular weight excluding hydrogens is 506 g/mol. The maximum Gasteiger partial charge on any atom is 0.337 e. The van der Waals surface area contributed by atoms with Gasteiger partial charge in [-0.05, 0) is 36.2 Å². The number of methoxy groups -OCH3 is 2. The smallest absolute Gasteiger partial charge is 0.337 e. The standard InChI is InChI=1S/C24H25N3O7S2/c1-33-12-11-27-19-8-7-17(23(30)34-2)13-20(19)35-24(27)25-21(28)14-36(31,32)15-22(29)26-10-9-16-5-3-4-6-18(16)26/h3-8,13H,9-12,14-15H2,1-2H3. The molecule has 10 nitrogen and oxygen atoms in total. The fourth-order valence-corrected chi connectivity index (χ4v) is 6.23. The number of sulfone groups is 1. The number of anilines is 1. The van der Waals surface area contributed by atoms with E-state index in [0.717, 1.165) is 16.9 Å². The molecule has 1 aromatic heterocycles. The van der Waals surface area contributed by atoms with Crippen LogP contribution in [-0.4, -0.2) is 69.6 Å². The van der Waals surface area contributed by atoms with E-state index in [9.17, 15) is 22.8 Å². The van der Waals surface area contributed by atoms with Crippen molar-refractivity contribution in [1.29, 1.82) is 0 Å². The minimum absolute atomic E-state index is 0.268. The summed E-state index contributed by atoms with van der Waals surface area (Å²) < 4.78 is 37.7. The maximum atomic E-state index is 12.7. The van der Waals surface area contributed by atoms with Gasteiger partial charge in [0.15, 0.2) is 14.6 Å². The highest BCUT2D eigenvalue weighted by molar-refractivity contribution is 7.92. The van der Waals surface area contributed by atoms with Gasteiger partial charge in [0, 0.05) is 25.9 Å². The Hall–Kier alpha value is -3.35. The van der Waals surface area contributed by atoms with E-state index in [0.29, 0.717) is 47.6 Å². The SMILES string of the molecule is COCCn1c(=NC(=O)CS(=O)(=O)CC(=O)N2CCc3ccccc32)sc2cc(C(=O)OC)ccc21. The van der Waals surface area contributed by atoms with E-state index >= 15 is 0 Å². The molecule has 4 rings (SSSR count). The Morgan fingerprint density at radius 1 is 1.08 bits per heavy atom. The number of aromatic nitrogens is 1. The monoisotopic (exact) mass is 531 g/mol. The predicted octanol–water partition coefficient (Wildman–Crippen LogP) is 1.57. The molecule has 0 fully saturated rings. The first-order valence-electron chi connectivity index (χ1n) is 11.1. The second kappa shape index (κ2) is 10.7. The van der Waals surface area contributed by atoms with Crippen molar-refractivity contribution in [3.8, 4) is 0 Å². The third kappa shape index (κ3) is 5.55. The molecule has 3 aromatic rings. The van der Waals surface area contributed by atoms with Gasteiger partial charge >= 0.3 is 5.97 Å². The van der Waals surface area contributed by atoms with Crippen LogP contribution in [0.4, 0.5) is 5.69 Å². The van der Waals surface area contributed by atoms with E-state index < -0.39 is 39.1 Å². The zero-order valence-corrected chi connectivity index (χ0v) is 21.4. The van der Waals surface area contributed by atoms with Crippen molar-refractivity contribution in [1.82, 2.24) is 4.57 Å². The zero-order valence-electron chi connectivity index (χ0n) is 19.8. The first-order valence-corrected chi connectivity index (χ1v) is 13.7. The van der Waals surface area contributed by atoms with Crippen LogP contribution in [0, 0.1) is 0 Å². The number of ether oxygens (including phenoxy) is 2. The van der Waals surface area contributed by atoms with Crippen LogP contribution in [0.25, 0.3) is 10.2 Å². The summed E-state index contributed by atoms with van der Waals surface area (Å²) in [6.07, 6.45) is 0.654. The molecular formula is C24H25N3O7S2. The fourth-order valence-electron chi connectivity index (χ4n) is 4.04. The third-order valence-corrected chi connectivity index (χ3v) is 8.13. The molecule has 190 valence electrons. The summed E-state index contributed by atoms with van der Waals surface area (Å²) >= 11 is 1.14. The van der Waals surface area contributed by atoms with Crippen molar-refractivity contribution in [2.45, 2.75) is 13.0 Å². The predicted molar refractivity (Wildman–Crippen MR) is 135 cm³/mol. The largest absolute Gasteiger partial charge is 0.465 e. The maximum absolute atomic E-state index is 12.7. The summed E-state index contributed by atoms with van der Waals surface area (Å²) in [5.74, 6) is -3.61. The van der Waals surface area contributed by atoms with Gasteiger partial charge in [-0.3, -0.25) is 9.59 Å². The van der Waals surface area contributed by atoms with Crippen molar-refractivity contribution >= 4 is 54.9 Å². The Balaban J connectivity index is 1.56. The molecule has 0 aliphatic carbocycles. The van der Waals surface area contributed by atoms with Gasteiger partial charge in [0.05, 0.1) is 29.5 Å². The van der Waals surface area contributed by atoms with Crippen LogP contribution in [0.1, 0.15) is 15.9 Å². The van der Waals surface area contributed by atoms with Crippen LogP contribution in [0.2, 0.25) is 0 Å². The van der Waals surface area contributed by atoms with Gasteiger partial charge in [0.25, 0.3) is 5.91 Å². The molecule has 0 N–H and O–H groups in total. The molecule has 0 atom stereocenters. The van der Waals surface area contributed by atoms with Gasteiger partial charge in [-0.1, -0.05) is 29.5 Å². The van der Waals surface area contributed by atoms with Gasteiger partial charge in [0.1, 0.15) is 11.5 Å². The number of amides is 2. The molecule has 1 aliphatic heterocycles. The number of hydrogen-bond acceptors (Lipinski definition) is 8. The highest BCUT2D eigenvalue weighted by atomic mass is 32.2. The van der Waals surface area contributed by atoms with Crippen molar-refractivity contribution in [3.63, 3.8) is 0 Å². The average molecular weight is 532 g/mol. The van der Waals surface area contributed by atoms with Crippen LogP contribution >= 0.6 is 11.3 Å². The van der Waals surface area contributed by atoms with E-state index in [2.05, 4.69) is 4.99 Å². The number of carbonyl (C=O) groups excluding carboxylic acids is 3. The lowest BCUT2D eigenvalue weighted by atomic mass is 10.2. The van der Waals surface area contributed by atoms with E-state index in [1.807, 2.05) is 12.1 Å². The number of rotatable bonds is 8. The number of nitrogens with zero attached hydrogens (tertiary/aromatic N) is 3. The molecule has 0 saturated heterocycles. The normalized spacial score (nSPS) is 13.7. The Bertz CT molecular complexity index is 1510. The van der Waals surface area contributed by atoms with E-state index in [1.54, 1.807) is 34.9 Å². The highest BCUT2D eigenvalue weighted by Crippen LogP contribution is 2.27. The quantitative estimate of drug-likeness (QED) is 0.404. The average Bonchev–Trinajstić information content (AvgIpc) is 3.42. The first kappa shape index (κ1) is 25.7. The molecule has 12 heteroatoms. The molecule has 1 aliphatic rings. The van der Waals surface area contributed by atoms with Crippen LogP contribution in [0.5, 0.6) is 0 Å². The van der Waals surface area contributed by atoms with Gasteiger partial charge < -0.3 is 18.9 Å². The summed E-state index contributed by atoms with van der Waals surface area (Å²) in [6, 6.07) is 12.3. The molecule has 0 radical (unpaired) electrons. The Morgan fingerprint density at radius 3 is 2.61 bits per heavy atom. The molecule has 0 bridgehead atoms. The minimum Gasteiger partial charge on any atom is -0.465 e. The van der Waals surface area contributed by atoms with E-state index in [1.165, 1.54) is 19.1 Å². The summed E-state index contributed by atoms with van der Waals surface area (Å²) in [5.41, 5.74) is 2.73. The lowest BCUT2D eigenvalue weighted by Crippen LogP contribution is -2.36. The number of benzene rings is 2. The van der Waals surface area contributed by atoms with E-state index in [-0.39, 0.29) is 4.80 Å². The molecule has 0 spiro atoms. The van der Waals surface area contributed by atoms with Crippen molar-refractivity contribution in [3.05, 3.63) is 58.4 Å². The van der Waals surface area contributed by atoms with E-state index in [4.69, 9.17) is 9.47 Å². The van der Waals surface area contributed by atoms with Crippen molar-refractivity contribution < 1.29 is 32.3 Å². The number of thiazole rings is 1. The van der Waals surface area contributed by atoms with Crippen molar-refractivity contribution in [2.24, 2.45) is 4.99 Å². The van der Waals surface area contributed by atoms with Crippen LogP contribution in [0.3, 0.4) is 0 Å². The van der Waals surface area contributed by atoms with Crippen LogP contribution in [-0.2, 0) is 41.9 Å². The summed E-state index contributed by atoms with van der Waals surface area (Å²) in [5, 5.41) is 0. The molecule has 0 unspecified atom stereocenters.